The van der Waals surface area contributed by atoms with Crippen molar-refractivity contribution >= 4 is 73.1 Å². The van der Waals surface area contributed by atoms with E-state index in [1.807, 2.05) is 37.2 Å². The first-order valence-corrected chi connectivity index (χ1v) is 12.1. The summed E-state index contributed by atoms with van der Waals surface area (Å²) < 4.78 is 1.41. The average molecular weight is 598 g/mol. The zero-order valence-electron chi connectivity index (χ0n) is 19.1. The molecule has 2 aromatic heterocycles. The zero-order chi connectivity index (χ0) is 24.5. The molecule has 0 aliphatic heterocycles. The Morgan fingerprint density at radius 1 is 1.12 bits per heavy atom. The maximum Gasteiger partial charge on any atom is 0.130 e. The fraction of sp³-hybridized carbons (Fsp3) is 0.304. The molecule has 0 bridgehead atoms. The summed E-state index contributed by atoms with van der Waals surface area (Å²) in [7, 11) is 5.55. The van der Waals surface area contributed by atoms with E-state index in [1.165, 1.54) is 0 Å². The molecule has 0 aliphatic carbocycles. The number of anilines is 1. The van der Waals surface area contributed by atoms with Gasteiger partial charge in [0, 0.05) is 63.1 Å². The van der Waals surface area contributed by atoms with Crippen LogP contribution in [0.3, 0.4) is 0 Å². The molecule has 2 aromatic rings. The summed E-state index contributed by atoms with van der Waals surface area (Å²) in [4.78, 5) is 19.2. The topological polar surface area (TPSA) is 106 Å². The summed E-state index contributed by atoms with van der Waals surface area (Å²) in [6.45, 7) is 2.70. The van der Waals surface area contributed by atoms with Crippen molar-refractivity contribution in [2.45, 2.75) is 13.3 Å². The van der Waals surface area contributed by atoms with Crippen LogP contribution in [0, 0.1) is 5.92 Å². The molecule has 0 saturated heterocycles. The van der Waals surface area contributed by atoms with Crippen LogP contribution in [0.5, 0.6) is 0 Å². The number of hydrogen-bond donors (Lipinski definition) is 2. The Kier molecular flexibility index (Phi) is 10.5. The number of hydrogen-bond acceptors (Lipinski definition) is 7. The van der Waals surface area contributed by atoms with Gasteiger partial charge in [-0.1, -0.05) is 18.5 Å². The Labute approximate surface area is 217 Å². The fourth-order valence-electron chi connectivity index (χ4n) is 2.90. The molecule has 2 heterocycles. The van der Waals surface area contributed by atoms with E-state index in [-0.39, 0.29) is 5.92 Å². The Bertz CT molecular complexity index is 1090. The van der Waals surface area contributed by atoms with E-state index < -0.39 is 0 Å². The predicted octanol–water partition coefficient (Wildman–Crippen LogP) is 4.89. The summed E-state index contributed by atoms with van der Waals surface area (Å²) in [6, 6.07) is 7.47. The van der Waals surface area contributed by atoms with Crippen LogP contribution in [0.15, 0.2) is 49.4 Å². The van der Waals surface area contributed by atoms with Crippen LogP contribution < -0.4 is 16.4 Å². The summed E-state index contributed by atoms with van der Waals surface area (Å²) in [5.74, 6) is 1.06. The second kappa shape index (κ2) is 12.9. The van der Waals surface area contributed by atoms with Gasteiger partial charge in [0.15, 0.2) is 0 Å². The lowest BCUT2D eigenvalue weighted by Gasteiger charge is -2.12. The molecule has 10 heteroatoms. The van der Waals surface area contributed by atoms with Crippen LogP contribution in [-0.4, -0.2) is 50.1 Å². The van der Waals surface area contributed by atoms with Gasteiger partial charge < -0.3 is 16.4 Å². The molecule has 33 heavy (non-hydrogen) atoms. The molecule has 0 aromatic carbocycles. The van der Waals surface area contributed by atoms with Crippen molar-refractivity contribution in [1.29, 1.82) is 0 Å². The van der Waals surface area contributed by atoms with Crippen molar-refractivity contribution < 1.29 is 0 Å². The fourth-order valence-corrected chi connectivity index (χ4v) is 3.94. The lowest BCUT2D eigenvalue weighted by Crippen LogP contribution is -2.11. The molecule has 0 saturated carbocycles. The third-order valence-corrected chi connectivity index (χ3v) is 6.07. The molecule has 7 nitrogen and oxygen atoms in total. The molecule has 0 radical (unpaired) electrons. The molecule has 0 amide bonds. The highest BCUT2D eigenvalue weighted by atomic mass is 79.9. The van der Waals surface area contributed by atoms with E-state index in [1.54, 1.807) is 31.7 Å². The van der Waals surface area contributed by atoms with Crippen LogP contribution in [0.2, 0.25) is 5.15 Å². The largest absolute Gasteiger partial charge is 0.397 e. The minimum atomic E-state index is 0.230. The first-order valence-electron chi connectivity index (χ1n) is 10.1. The smallest absolute Gasteiger partial charge is 0.130 e. The van der Waals surface area contributed by atoms with Crippen LogP contribution in [-0.2, 0) is 6.42 Å². The minimum absolute atomic E-state index is 0.230. The van der Waals surface area contributed by atoms with Gasteiger partial charge >= 0.3 is 0 Å². The first kappa shape index (κ1) is 27.0. The summed E-state index contributed by atoms with van der Waals surface area (Å²) in [6.07, 6.45) is 5.81. The predicted molar refractivity (Wildman–Crippen MR) is 149 cm³/mol. The first-order chi connectivity index (χ1) is 15.6. The SMILES string of the molecule is CN=CC(Br)=C(N)c1cc(Cl)nc(C[C@H](C)CN=CC(Br)=C(N)c2ccnc(N(C)C)c2)c1. The zero-order valence-corrected chi connectivity index (χ0v) is 23.0. The van der Waals surface area contributed by atoms with Gasteiger partial charge in [0.2, 0.25) is 0 Å². The average Bonchev–Trinajstić information content (AvgIpc) is 2.77. The van der Waals surface area contributed by atoms with Gasteiger partial charge in [-0.15, -0.1) is 0 Å². The molecule has 1 atom stereocenters. The van der Waals surface area contributed by atoms with E-state index in [4.69, 9.17) is 23.1 Å². The van der Waals surface area contributed by atoms with E-state index in [2.05, 4.69) is 58.7 Å². The van der Waals surface area contributed by atoms with Crippen molar-refractivity contribution in [2.24, 2.45) is 27.4 Å². The van der Waals surface area contributed by atoms with E-state index >= 15 is 0 Å². The van der Waals surface area contributed by atoms with Crippen LogP contribution in [0.1, 0.15) is 23.7 Å². The lowest BCUT2D eigenvalue weighted by atomic mass is 10.0. The van der Waals surface area contributed by atoms with Crippen molar-refractivity contribution in [3.8, 4) is 0 Å². The van der Waals surface area contributed by atoms with Gasteiger partial charge in [-0.05, 0) is 68.5 Å². The minimum Gasteiger partial charge on any atom is -0.397 e. The van der Waals surface area contributed by atoms with Crippen molar-refractivity contribution in [2.75, 3.05) is 32.6 Å². The molecule has 2 rings (SSSR count). The number of allylic oxidation sites excluding steroid dienone is 2. The normalized spacial score (nSPS) is 14.4. The summed E-state index contributed by atoms with van der Waals surface area (Å²) in [5.41, 5.74) is 16.2. The molecule has 4 N–H and O–H groups in total. The molecule has 0 unspecified atom stereocenters. The third kappa shape index (κ3) is 8.24. The monoisotopic (exact) mass is 595 g/mol. The van der Waals surface area contributed by atoms with Crippen molar-refractivity contribution in [1.82, 2.24) is 9.97 Å². The highest BCUT2D eigenvalue weighted by molar-refractivity contribution is 9.12. The van der Waals surface area contributed by atoms with Gasteiger partial charge in [0.1, 0.15) is 11.0 Å². The van der Waals surface area contributed by atoms with Gasteiger partial charge in [0.25, 0.3) is 0 Å². The summed E-state index contributed by atoms with van der Waals surface area (Å²) >= 11 is 13.2. The molecule has 176 valence electrons. The molecule has 0 aliphatic rings. The Morgan fingerprint density at radius 2 is 1.79 bits per heavy atom. The van der Waals surface area contributed by atoms with E-state index in [0.29, 0.717) is 38.5 Å². The van der Waals surface area contributed by atoms with Gasteiger partial charge in [-0.2, -0.15) is 0 Å². The molecule has 0 fully saturated rings. The lowest BCUT2D eigenvalue weighted by molar-refractivity contribution is 0.586. The number of pyridine rings is 2. The van der Waals surface area contributed by atoms with Crippen molar-refractivity contribution in [3.05, 3.63) is 61.4 Å². The number of nitrogens with zero attached hydrogens (tertiary/aromatic N) is 5. The number of aliphatic imine (C=N–C) groups is 2. The standard InChI is InChI=1S/C23H28Br2ClN7/c1-14(7-17-8-16(9-20(26)32-17)23(28)18(24)12-29-2)11-30-13-19(25)22(27)15-5-6-31-21(10-15)33(3)4/h5-6,8-10,12-14H,7,11,27-28H2,1-4H3/t14-/m0/s1. The van der Waals surface area contributed by atoms with Crippen LogP contribution >= 0.6 is 43.5 Å². The number of halogens is 3. The maximum absolute atomic E-state index is 6.30. The van der Waals surface area contributed by atoms with Gasteiger partial charge in [-0.25, -0.2) is 9.97 Å². The number of rotatable bonds is 9. The van der Waals surface area contributed by atoms with Crippen LogP contribution in [0.25, 0.3) is 11.4 Å². The molecule has 0 spiro atoms. The van der Waals surface area contributed by atoms with Crippen molar-refractivity contribution in [3.63, 3.8) is 0 Å². The Morgan fingerprint density at radius 3 is 2.45 bits per heavy atom. The number of nitrogens with two attached hydrogens (primary N) is 2. The van der Waals surface area contributed by atoms with Gasteiger partial charge in [-0.3, -0.25) is 9.98 Å². The Hall–Kier alpha value is -2.23. The highest BCUT2D eigenvalue weighted by Gasteiger charge is 2.10. The van der Waals surface area contributed by atoms with Crippen LogP contribution in [0.4, 0.5) is 5.82 Å². The second-order valence-electron chi connectivity index (χ2n) is 7.68. The number of aromatic nitrogens is 2. The van der Waals surface area contributed by atoms with E-state index in [9.17, 15) is 0 Å². The van der Waals surface area contributed by atoms with E-state index in [0.717, 1.165) is 22.6 Å². The molecular weight excluding hydrogens is 570 g/mol. The second-order valence-corrected chi connectivity index (χ2v) is 9.78. The Balaban J connectivity index is 2.09. The van der Waals surface area contributed by atoms with Gasteiger partial charge in [0.05, 0.1) is 20.4 Å². The molecular formula is C23H28Br2ClN7. The highest BCUT2D eigenvalue weighted by Crippen LogP contribution is 2.22. The third-order valence-electron chi connectivity index (χ3n) is 4.61. The summed E-state index contributed by atoms with van der Waals surface area (Å²) in [5, 5.41) is 0.391. The maximum atomic E-state index is 6.30. The quantitative estimate of drug-likeness (QED) is 0.316.